The van der Waals surface area contributed by atoms with Crippen molar-refractivity contribution in [3.63, 3.8) is 0 Å². The molecule has 1 fully saturated rings. The van der Waals surface area contributed by atoms with Gasteiger partial charge in [-0.1, -0.05) is 18.6 Å². The highest BCUT2D eigenvalue weighted by Gasteiger charge is 2.22. The van der Waals surface area contributed by atoms with Crippen LogP contribution in [0.3, 0.4) is 0 Å². The van der Waals surface area contributed by atoms with Crippen LogP contribution in [-0.4, -0.2) is 20.6 Å². The van der Waals surface area contributed by atoms with Gasteiger partial charge in [0, 0.05) is 19.6 Å². The summed E-state index contributed by atoms with van der Waals surface area (Å²) in [5, 5.41) is 3.19. The van der Waals surface area contributed by atoms with E-state index in [9.17, 15) is 4.39 Å². The van der Waals surface area contributed by atoms with Gasteiger partial charge in [0.25, 0.3) is 0 Å². The first-order chi connectivity index (χ1) is 8.63. The van der Waals surface area contributed by atoms with Gasteiger partial charge in [-0.2, -0.15) is 0 Å². The first kappa shape index (κ1) is 13.3. The molecule has 1 aliphatic rings. The van der Waals surface area contributed by atoms with Crippen molar-refractivity contribution in [1.29, 1.82) is 0 Å². The van der Waals surface area contributed by atoms with Gasteiger partial charge >= 0.3 is 0 Å². The molecule has 1 saturated carbocycles. The molecule has 1 aromatic rings. The van der Waals surface area contributed by atoms with Gasteiger partial charge in [0.2, 0.25) is 0 Å². The second kappa shape index (κ2) is 5.70. The molecule has 1 N–H and O–H groups in total. The molecule has 1 atom stereocenters. The summed E-state index contributed by atoms with van der Waals surface area (Å²) in [7, 11) is 3.91. The minimum atomic E-state index is -0.114. The number of hydrogen-bond donors (Lipinski definition) is 1. The molecule has 2 rings (SSSR count). The fourth-order valence-electron chi connectivity index (χ4n) is 2.59. The van der Waals surface area contributed by atoms with Gasteiger partial charge in [-0.25, -0.2) is 4.39 Å². The maximum atomic E-state index is 14.1. The molecule has 0 saturated heterocycles. The zero-order valence-corrected chi connectivity index (χ0v) is 11.5. The Bertz CT molecular complexity index is 401. The molecule has 100 valence electrons. The molecule has 0 heterocycles. The van der Waals surface area contributed by atoms with Crippen LogP contribution in [0.5, 0.6) is 0 Å². The molecule has 1 unspecified atom stereocenters. The van der Waals surface area contributed by atoms with Gasteiger partial charge < -0.3 is 10.2 Å². The van der Waals surface area contributed by atoms with E-state index in [0.717, 1.165) is 23.7 Å². The summed E-state index contributed by atoms with van der Waals surface area (Å²) in [6.45, 7) is 3.03. The first-order valence-corrected chi connectivity index (χ1v) is 6.80. The lowest BCUT2D eigenvalue weighted by atomic mass is 9.85. The molecule has 0 amide bonds. The second-order valence-electron chi connectivity index (χ2n) is 5.37. The van der Waals surface area contributed by atoms with Crippen molar-refractivity contribution < 1.29 is 4.39 Å². The predicted octanol–water partition coefficient (Wildman–Crippen LogP) is 3.34. The number of hydrogen-bond acceptors (Lipinski definition) is 2. The number of benzene rings is 1. The Balaban J connectivity index is 2.22. The molecule has 0 aromatic heterocycles. The summed E-state index contributed by atoms with van der Waals surface area (Å²) in [5.41, 5.74) is 1.80. The lowest BCUT2D eigenvalue weighted by molar-refractivity contribution is 0.320. The second-order valence-corrected chi connectivity index (χ2v) is 5.37. The molecule has 18 heavy (non-hydrogen) atoms. The Morgan fingerprint density at radius 3 is 2.72 bits per heavy atom. The highest BCUT2D eigenvalue weighted by atomic mass is 19.1. The van der Waals surface area contributed by atoms with E-state index in [1.165, 1.54) is 19.3 Å². The Morgan fingerprint density at radius 1 is 1.44 bits per heavy atom. The zero-order valence-electron chi connectivity index (χ0n) is 11.5. The highest BCUT2D eigenvalue weighted by molar-refractivity contribution is 5.55. The van der Waals surface area contributed by atoms with Gasteiger partial charge in [-0.3, -0.25) is 0 Å². The standard InChI is InChI=1S/C15H23FN2/c1-11(17-2)13-8-5-9-14(16)15(13)18(3)10-12-6-4-7-12/h5,8-9,11-12,17H,4,6-7,10H2,1-3H3. The summed E-state index contributed by atoms with van der Waals surface area (Å²) < 4.78 is 14.1. The van der Waals surface area contributed by atoms with Crippen LogP contribution in [0.25, 0.3) is 0 Å². The quantitative estimate of drug-likeness (QED) is 0.862. The van der Waals surface area contributed by atoms with Crippen LogP contribution in [0.1, 0.15) is 37.8 Å². The van der Waals surface area contributed by atoms with Crippen LogP contribution in [0.2, 0.25) is 0 Å². The molecule has 0 spiro atoms. The normalized spacial score (nSPS) is 17.3. The number of nitrogens with one attached hydrogen (secondary N) is 1. The summed E-state index contributed by atoms with van der Waals surface area (Å²) in [4.78, 5) is 2.09. The van der Waals surface area contributed by atoms with Crippen LogP contribution < -0.4 is 10.2 Å². The largest absolute Gasteiger partial charge is 0.372 e. The molecule has 1 aromatic carbocycles. The van der Waals surface area contributed by atoms with Crippen molar-refractivity contribution in [2.45, 2.75) is 32.2 Å². The lowest BCUT2D eigenvalue weighted by Crippen LogP contribution is -2.31. The molecule has 0 radical (unpaired) electrons. The lowest BCUT2D eigenvalue weighted by Gasteiger charge is -2.33. The van der Waals surface area contributed by atoms with Gasteiger partial charge in [0.15, 0.2) is 0 Å². The van der Waals surface area contributed by atoms with Crippen LogP contribution in [-0.2, 0) is 0 Å². The molecule has 0 bridgehead atoms. The van der Waals surface area contributed by atoms with Gasteiger partial charge in [0.05, 0.1) is 5.69 Å². The van der Waals surface area contributed by atoms with Crippen molar-refractivity contribution in [2.75, 3.05) is 25.5 Å². The molecule has 0 aliphatic heterocycles. The van der Waals surface area contributed by atoms with Crippen molar-refractivity contribution >= 4 is 5.69 Å². The fraction of sp³-hybridized carbons (Fsp3) is 0.600. The summed E-state index contributed by atoms with van der Waals surface area (Å²) in [5.74, 6) is 0.628. The highest BCUT2D eigenvalue weighted by Crippen LogP contribution is 2.32. The van der Waals surface area contributed by atoms with E-state index in [2.05, 4.69) is 17.1 Å². The number of anilines is 1. The number of halogens is 1. The van der Waals surface area contributed by atoms with Gasteiger partial charge in [-0.15, -0.1) is 0 Å². The van der Waals surface area contributed by atoms with Crippen molar-refractivity contribution in [2.24, 2.45) is 5.92 Å². The summed E-state index contributed by atoms with van der Waals surface area (Å²) in [6.07, 6.45) is 3.90. The average Bonchev–Trinajstić information content (AvgIpc) is 2.32. The number of para-hydroxylation sites is 1. The average molecular weight is 250 g/mol. The smallest absolute Gasteiger partial charge is 0.146 e. The van der Waals surface area contributed by atoms with Crippen molar-refractivity contribution in [1.82, 2.24) is 5.32 Å². The predicted molar refractivity (Wildman–Crippen MR) is 74.5 cm³/mol. The number of rotatable bonds is 5. The van der Waals surface area contributed by atoms with E-state index in [4.69, 9.17) is 0 Å². The van der Waals surface area contributed by atoms with E-state index < -0.39 is 0 Å². The Morgan fingerprint density at radius 2 is 2.17 bits per heavy atom. The molecule has 1 aliphatic carbocycles. The third-order valence-electron chi connectivity index (χ3n) is 4.06. The van der Waals surface area contributed by atoms with Gasteiger partial charge in [0.1, 0.15) is 5.82 Å². The van der Waals surface area contributed by atoms with Crippen LogP contribution in [0.15, 0.2) is 18.2 Å². The van der Waals surface area contributed by atoms with Crippen molar-refractivity contribution in [3.8, 4) is 0 Å². The summed E-state index contributed by atoms with van der Waals surface area (Å²) >= 11 is 0. The monoisotopic (exact) mass is 250 g/mol. The first-order valence-electron chi connectivity index (χ1n) is 6.80. The Kier molecular flexibility index (Phi) is 4.23. The van der Waals surface area contributed by atoms with Crippen LogP contribution in [0, 0.1) is 11.7 Å². The van der Waals surface area contributed by atoms with Crippen LogP contribution >= 0.6 is 0 Å². The van der Waals surface area contributed by atoms with E-state index in [-0.39, 0.29) is 11.9 Å². The third kappa shape index (κ3) is 2.66. The number of nitrogens with zero attached hydrogens (tertiary/aromatic N) is 1. The van der Waals surface area contributed by atoms with Gasteiger partial charge in [-0.05, 0) is 44.4 Å². The minimum absolute atomic E-state index is 0.114. The Labute approximate surface area is 109 Å². The van der Waals surface area contributed by atoms with E-state index in [1.807, 2.05) is 20.2 Å². The van der Waals surface area contributed by atoms with E-state index in [0.29, 0.717) is 0 Å². The molecular formula is C15H23FN2. The minimum Gasteiger partial charge on any atom is -0.372 e. The van der Waals surface area contributed by atoms with E-state index >= 15 is 0 Å². The fourth-order valence-corrected chi connectivity index (χ4v) is 2.59. The van der Waals surface area contributed by atoms with Crippen molar-refractivity contribution in [3.05, 3.63) is 29.6 Å². The zero-order chi connectivity index (χ0) is 13.1. The molecule has 2 nitrogen and oxygen atoms in total. The van der Waals surface area contributed by atoms with E-state index in [1.54, 1.807) is 12.1 Å². The Hall–Kier alpha value is -1.09. The molecule has 3 heteroatoms. The summed E-state index contributed by atoms with van der Waals surface area (Å²) in [6, 6.07) is 5.52. The molecular weight excluding hydrogens is 227 g/mol. The maximum absolute atomic E-state index is 14.1. The SMILES string of the molecule is CNC(C)c1cccc(F)c1N(C)CC1CCC1. The third-order valence-corrected chi connectivity index (χ3v) is 4.06. The van der Waals surface area contributed by atoms with Crippen LogP contribution in [0.4, 0.5) is 10.1 Å². The maximum Gasteiger partial charge on any atom is 0.146 e. The topological polar surface area (TPSA) is 15.3 Å².